The van der Waals surface area contributed by atoms with Crippen molar-refractivity contribution >= 4 is 27.3 Å². The highest BCUT2D eigenvalue weighted by Crippen LogP contribution is 2.29. The number of methoxy groups -OCH3 is 1. The fourth-order valence-electron chi connectivity index (χ4n) is 1.24. The second kappa shape index (κ2) is 5.98. The number of nitrogens with one attached hydrogen (secondary N) is 1. The van der Waals surface area contributed by atoms with Crippen LogP contribution in [0.25, 0.3) is 0 Å². The van der Waals surface area contributed by atoms with Gasteiger partial charge in [-0.25, -0.2) is 13.1 Å². The van der Waals surface area contributed by atoms with E-state index in [-0.39, 0.29) is 23.1 Å². The van der Waals surface area contributed by atoms with E-state index in [1.54, 1.807) is 0 Å². The number of hydrogen-bond acceptors (Lipinski definition) is 5. The molecule has 0 saturated carbocycles. The lowest BCUT2D eigenvalue weighted by Gasteiger charge is -2.06. The van der Waals surface area contributed by atoms with Crippen LogP contribution >= 0.6 is 11.6 Å². The molecule has 9 heteroatoms. The zero-order valence-corrected chi connectivity index (χ0v) is 11.0. The normalized spacial score (nSPS) is 11.2. The highest BCUT2D eigenvalue weighted by molar-refractivity contribution is 7.89. The zero-order chi connectivity index (χ0) is 13.8. The summed E-state index contributed by atoms with van der Waals surface area (Å²) in [6, 6.07) is 3.39. The molecule has 1 aromatic rings. The smallest absolute Gasteiger partial charge is 0.312 e. The molecule has 0 atom stereocenters. The Bertz CT molecular complexity index is 546. The predicted octanol–water partition coefficient (Wildman–Crippen LogP) is 1.12. The fraction of sp³-hybridized carbons (Fsp3) is 0.333. The number of benzene rings is 1. The molecule has 0 saturated heterocycles. The summed E-state index contributed by atoms with van der Waals surface area (Å²) in [4.78, 5) is 9.85. The molecule has 0 aliphatic carbocycles. The molecule has 1 rings (SSSR count). The van der Waals surface area contributed by atoms with Crippen molar-refractivity contribution in [1.29, 1.82) is 0 Å². The lowest BCUT2D eigenvalue weighted by atomic mass is 10.3. The zero-order valence-electron chi connectivity index (χ0n) is 9.42. The van der Waals surface area contributed by atoms with Crippen molar-refractivity contribution in [2.24, 2.45) is 0 Å². The summed E-state index contributed by atoms with van der Waals surface area (Å²) < 4.78 is 30.4. The van der Waals surface area contributed by atoms with E-state index < -0.39 is 20.6 Å². The summed E-state index contributed by atoms with van der Waals surface area (Å²) in [7, 11) is -2.53. The van der Waals surface area contributed by atoms with Crippen LogP contribution in [-0.2, 0) is 10.0 Å². The van der Waals surface area contributed by atoms with E-state index in [2.05, 4.69) is 4.72 Å². The van der Waals surface area contributed by atoms with E-state index in [9.17, 15) is 18.5 Å². The molecule has 1 N–H and O–H groups in total. The van der Waals surface area contributed by atoms with Crippen LogP contribution in [0.5, 0.6) is 5.75 Å². The number of alkyl halides is 1. The Morgan fingerprint density at radius 2 is 2.17 bits per heavy atom. The van der Waals surface area contributed by atoms with Gasteiger partial charge in [-0.1, -0.05) is 0 Å². The minimum Gasteiger partial charge on any atom is -0.490 e. The van der Waals surface area contributed by atoms with Crippen molar-refractivity contribution in [3.05, 3.63) is 28.3 Å². The fourth-order valence-corrected chi connectivity index (χ4v) is 2.49. The summed E-state index contributed by atoms with van der Waals surface area (Å²) in [6.07, 6.45) is 0. The molecule has 18 heavy (non-hydrogen) atoms. The Labute approximate surface area is 109 Å². The van der Waals surface area contributed by atoms with Gasteiger partial charge in [-0.2, -0.15) is 0 Å². The average molecular weight is 295 g/mol. The van der Waals surface area contributed by atoms with Crippen molar-refractivity contribution in [2.75, 3.05) is 19.5 Å². The van der Waals surface area contributed by atoms with Crippen molar-refractivity contribution in [3.8, 4) is 5.75 Å². The molecular formula is C9H11ClN2O5S. The van der Waals surface area contributed by atoms with E-state index in [4.69, 9.17) is 16.3 Å². The van der Waals surface area contributed by atoms with Gasteiger partial charge in [-0.05, 0) is 12.1 Å². The van der Waals surface area contributed by atoms with E-state index in [0.29, 0.717) is 0 Å². The second-order valence-corrected chi connectivity index (χ2v) is 5.32. The molecule has 7 nitrogen and oxygen atoms in total. The standard InChI is InChI=1S/C9H11ClN2O5S/c1-17-9-3-2-7(6-8(9)12(13)14)18(15,16)11-5-4-10/h2-3,6,11H,4-5H2,1H3. The van der Waals surface area contributed by atoms with Crippen molar-refractivity contribution in [2.45, 2.75) is 4.90 Å². The summed E-state index contributed by atoms with van der Waals surface area (Å²) in [5, 5.41) is 10.8. The quantitative estimate of drug-likeness (QED) is 0.481. The maximum absolute atomic E-state index is 11.7. The van der Waals surface area contributed by atoms with Gasteiger partial charge in [0.2, 0.25) is 10.0 Å². The SMILES string of the molecule is COc1ccc(S(=O)(=O)NCCCl)cc1[N+](=O)[O-]. The first-order valence-corrected chi connectivity index (χ1v) is 6.82. The highest BCUT2D eigenvalue weighted by atomic mass is 35.5. The van der Waals surface area contributed by atoms with Crippen LogP contribution < -0.4 is 9.46 Å². The molecule has 0 aromatic heterocycles. The average Bonchev–Trinajstić information content (AvgIpc) is 2.35. The third kappa shape index (κ3) is 3.31. The van der Waals surface area contributed by atoms with Crippen molar-refractivity contribution < 1.29 is 18.1 Å². The summed E-state index contributed by atoms with van der Waals surface area (Å²) in [5.74, 6) is 0.105. The lowest BCUT2D eigenvalue weighted by molar-refractivity contribution is -0.386. The number of halogens is 1. The van der Waals surface area contributed by atoms with Gasteiger partial charge in [0.15, 0.2) is 5.75 Å². The summed E-state index contributed by atoms with van der Waals surface area (Å²) in [5.41, 5.74) is -0.411. The Kier molecular flexibility index (Phi) is 4.88. The minimum atomic E-state index is -3.80. The molecule has 100 valence electrons. The monoisotopic (exact) mass is 294 g/mol. The van der Waals surface area contributed by atoms with Crippen molar-refractivity contribution in [1.82, 2.24) is 4.72 Å². The van der Waals surface area contributed by atoms with E-state index >= 15 is 0 Å². The molecule has 0 spiro atoms. The maximum atomic E-state index is 11.7. The first-order chi connectivity index (χ1) is 8.42. The number of nitro benzene ring substituents is 1. The van der Waals surface area contributed by atoms with Crippen molar-refractivity contribution in [3.63, 3.8) is 0 Å². The molecule has 0 radical (unpaired) electrons. The van der Waals surface area contributed by atoms with Crippen LogP contribution in [0.3, 0.4) is 0 Å². The Hall–Kier alpha value is -1.38. The number of nitrogens with zero attached hydrogens (tertiary/aromatic N) is 1. The molecule has 0 fully saturated rings. The van der Waals surface area contributed by atoms with Crippen LogP contribution in [0.1, 0.15) is 0 Å². The first kappa shape index (κ1) is 14.7. The van der Waals surface area contributed by atoms with Gasteiger partial charge in [0.05, 0.1) is 16.9 Å². The third-order valence-electron chi connectivity index (χ3n) is 2.04. The Morgan fingerprint density at radius 1 is 1.50 bits per heavy atom. The van der Waals surface area contributed by atoms with Gasteiger partial charge < -0.3 is 4.74 Å². The lowest BCUT2D eigenvalue weighted by Crippen LogP contribution is -2.25. The predicted molar refractivity (Wildman–Crippen MR) is 65.6 cm³/mol. The Morgan fingerprint density at radius 3 is 2.67 bits per heavy atom. The molecule has 1 aromatic carbocycles. The number of nitro groups is 1. The molecule has 0 heterocycles. The van der Waals surface area contributed by atoms with E-state index in [1.807, 2.05) is 0 Å². The van der Waals surface area contributed by atoms with Crippen LogP contribution in [0.2, 0.25) is 0 Å². The first-order valence-electron chi connectivity index (χ1n) is 4.80. The van der Waals surface area contributed by atoms with Gasteiger partial charge in [0.25, 0.3) is 0 Å². The van der Waals surface area contributed by atoms with Crippen LogP contribution in [-0.4, -0.2) is 32.9 Å². The summed E-state index contributed by atoms with van der Waals surface area (Å²) >= 11 is 5.37. The number of ether oxygens (including phenoxy) is 1. The largest absolute Gasteiger partial charge is 0.490 e. The maximum Gasteiger partial charge on any atom is 0.312 e. The molecule has 0 amide bonds. The third-order valence-corrected chi connectivity index (χ3v) is 3.69. The molecule has 0 aliphatic rings. The molecule has 0 aliphatic heterocycles. The van der Waals surface area contributed by atoms with Crippen LogP contribution in [0.4, 0.5) is 5.69 Å². The van der Waals surface area contributed by atoms with Gasteiger partial charge in [-0.3, -0.25) is 10.1 Å². The van der Waals surface area contributed by atoms with Gasteiger partial charge in [0, 0.05) is 18.5 Å². The molecule has 0 unspecified atom stereocenters. The van der Waals surface area contributed by atoms with Crippen LogP contribution in [0, 0.1) is 10.1 Å². The van der Waals surface area contributed by atoms with Crippen LogP contribution in [0.15, 0.2) is 23.1 Å². The van der Waals surface area contributed by atoms with E-state index in [1.165, 1.54) is 19.2 Å². The molecular weight excluding hydrogens is 284 g/mol. The van der Waals surface area contributed by atoms with Gasteiger partial charge in [0.1, 0.15) is 0 Å². The van der Waals surface area contributed by atoms with Gasteiger partial charge >= 0.3 is 5.69 Å². The topological polar surface area (TPSA) is 98.5 Å². The second-order valence-electron chi connectivity index (χ2n) is 3.18. The number of rotatable bonds is 6. The number of sulfonamides is 1. The summed E-state index contributed by atoms with van der Waals surface area (Å²) in [6.45, 7) is 0.0454. The number of hydrogen-bond donors (Lipinski definition) is 1. The minimum absolute atomic E-state index is 0.00343. The van der Waals surface area contributed by atoms with E-state index in [0.717, 1.165) is 6.07 Å². The highest BCUT2D eigenvalue weighted by Gasteiger charge is 2.21. The Balaban J connectivity index is 3.20. The van der Waals surface area contributed by atoms with Gasteiger partial charge in [-0.15, -0.1) is 11.6 Å². The molecule has 0 bridgehead atoms.